The smallest absolute Gasteiger partial charge is 0.416 e. The molecule has 1 saturated heterocycles. The highest BCUT2D eigenvalue weighted by Gasteiger charge is 2.30. The second-order valence-electron chi connectivity index (χ2n) is 6.51. The van der Waals surface area contributed by atoms with Crippen LogP contribution < -0.4 is 15.4 Å². The molecule has 4 nitrogen and oxygen atoms in total. The lowest BCUT2D eigenvalue weighted by atomic mass is 9.97. The molecule has 0 aromatic heterocycles. The van der Waals surface area contributed by atoms with Crippen molar-refractivity contribution in [2.45, 2.75) is 25.6 Å². The SMILES string of the molecule is Cl.O=C(NCc1ccc(Oc2ccc(C(F)(F)F)cc2)cc1)C1CCNCC1. The van der Waals surface area contributed by atoms with Crippen molar-refractivity contribution in [1.82, 2.24) is 10.6 Å². The molecule has 1 fully saturated rings. The normalized spacial score (nSPS) is 14.8. The first-order valence-corrected chi connectivity index (χ1v) is 8.84. The molecule has 0 atom stereocenters. The number of carbonyl (C=O) groups excluding carboxylic acids is 1. The first-order chi connectivity index (χ1) is 12.9. The van der Waals surface area contributed by atoms with E-state index in [1.54, 1.807) is 12.1 Å². The lowest BCUT2D eigenvalue weighted by molar-refractivity contribution is -0.137. The maximum Gasteiger partial charge on any atom is 0.416 e. The van der Waals surface area contributed by atoms with E-state index in [-0.39, 0.29) is 24.2 Å². The molecule has 0 radical (unpaired) electrons. The van der Waals surface area contributed by atoms with Crippen molar-refractivity contribution in [3.63, 3.8) is 0 Å². The van der Waals surface area contributed by atoms with Crippen molar-refractivity contribution in [2.75, 3.05) is 13.1 Å². The Bertz CT molecular complexity index is 759. The van der Waals surface area contributed by atoms with Gasteiger partial charge in [-0.2, -0.15) is 13.2 Å². The zero-order valence-electron chi connectivity index (χ0n) is 15.1. The van der Waals surface area contributed by atoms with E-state index in [0.29, 0.717) is 18.0 Å². The molecule has 2 N–H and O–H groups in total. The molecule has 152 valence electrons. The Morgan fingerprint density at radius 1 is 1.00 bits per heavy atom. The van der Waals surface area contributed by atoms with Crippen LogP contribution in [0.1, 0.15) is 24.0 Å². The number of amides is 1. The minimum Gasteiger partial charge on any atom is -0.457 e. The third-order valence-corrected chi connectivity index (χ3v) is 4.52. The summed E-state index contributed by atoms with van der Waals surface area (Å²) in [4.78, 5) is 12.1. The number of nitrogens with one attached hydrogen (secondary N) is 2. The summed E-state index contributed by atoms with van der Waals surface area (Å²) < 4.78 is 43.3. The van der Waals surface area contributed by atoms with Gasteiger partial charge in [-0.1, -0.05) is 12.1 Å². The standard InChI is InChI=1S/C20H21F3N2O2.ClH/c21-20(22,23)16-3-7-18(8-4-16)27-17-5-1-14(2-6-17)13-25-19(26)15-9-11-24-12-10-15;/h1-8,15,24H,9-13H2,(H,25,26);1H. The van der Waals surface area contributed by atoms with Crippen LogP contribution in [0.3, 0.4) is 0 Å². The molecule has 3 rings (SSSR count). The van der Waals surface area contributed by atoms with E-state index < -0.39 is 11.7 Å². The van der Waals surface area contributed by atoms with Crippen molar-refractivity contribution in [3.8, 4) is 11.5 Å². The van der Waals surface area contributed by atoms with Crippen molar-refractivity contribution < 1.29 is 22.7 Å². The summed E-state index contributed by atoms with van der Waals surface area (Å²) >= 11 is 0. The predicted molar refractivity (Wildman–Crippen MR) is 103 cm³/mol. The lowest BCUT2D eigenvalue weighted by Crippen LogP contribution is -2.37. The van der Waals surface area contributed by atoms with Gasteiger partial charge in [-0.25, -0.2) is 0 Å². The lowest BCUT2D eigenvalue weighted by Gasteiger charge is -2.21. The summed E-state index contributed by atoms with van der Waals surface area (Å²) in [5.41, 5.74) is 0.215. The van der Waals surface area contributed by atoms with Gasteiger partial charge in [-0.05, 0) is 67.9 Å². The Kier molecular flexibility index (Phi) is 7.71. The fourth-order valence-electron chi connectivity index (χ4n) is 2.94. The van der Waals surface area contributed by atoms with Crippen LogP contribution in [0, 0.1) is 5.92 Å². The fourth-order valence-corrected chi connectivity index (χ4v) is 2.94. The molecule has 2 aromatic rings. The third-order valence-electron chi connectivity index (χ3n) is 4.52. The molecule has 0 saturated carbocycles. The number of hydrogen-bond donors (Lipinski definition) is 2. The third kappa shape index (κ3) is 6.14. The van der Waals surface area contributed by atoms with Gasteiger partial charge in [0.05, 0.1) is 5.56 Å². The van der Waals surface area contributed by atoms with E-state index in [4.69, 9.17) is 4.74 Å². The zero-order chi connectivity index (χ0) is 19.3. The van der Waals surface area contributed by atoms with Crippen molar-refractivity contribution in [3.05, 3.63) is 59.7 Å². The Hall–Kier alpha value is -2.25. The maximum absolute atomic E-state index is 12.6. The van der Waals surface area contributed by atoms with E-state index >= 15 is 0 Å². The molecule has 1 aliphatic rings. The van der Waals surface area contributed by atoms with E-state index in [0.717, 1.165) is 43.6 Å². The van der Waals surface area contributed by atoms with Crippen LogP contribution in [0.4, 0.5) is 13.2 Å². The van der Waals surface area contributed by atoms with E-state index in [1.165, 1.54) is 12.1 Å². The summed E-state index contributed by atoms with van der Waals surface area (Å²) in [6, 6.07) is 11.6. The van der Waals surface area contributed by atoms with Crippen LogP contribution in [0.5, 0.6) is 11.5 Å². The van der Waals surface area contributed by atoms with Gasteiger partial charge in [0.15, 0.2) is 0 Å². The molecule has 1 aliphatic heterocycles. The van der Waals surface area contributed by atoms with Gasteiger partial charge < -0.3 is 15.4 Å². The summed E-state index contributed by atoms with van der Waals surface area (Å²) in [7, 11) is 0. The molecule has 1 heterocycles. The summed E-state index contributed by atoms with van der Waals surface area (Å²) in [5.74, 6) is 0.980. The molecule has 1 amide bonds. The number of rotatable bonds is 5. The second kappa shape index (κ2) is 9.80. The second-order valence-corrected chi connectivity index (χ2v) is 6.51. The summed E-state index contributed by atoms with van der Waals surface area (Å²) in [6.45, 7) is 2.17. The van der Waals surface area contributed by atoms with Crippen molar-refractivity contribution in [2.24, 2.45) is 5.92 Å². The monoisotopic (exact) mass is 414 g/mol. The van der Waals surface area contributed by atoms with Gasteiger partial charge in [0.25, 0.3) is 0 Å². The highest BCUT2D eigenvalue weighted by molar-refractivity contribution is 5.85. The molecular weight excluding hydrogens is 393 g/mol. The fraction of sp³-hybridized carbons (Fsp3) is 0.350. The molecule has 8 heteroatoms. The summed E-state index contributed by atoms with van der Waals surface area (Å²) in [5, 5.41) is 6.17. The van der Waals surface area contributed by atoms with Crippen molar-refractivity contribution in [1.29, 1.82) is 0 Å². The average molecular weight is 415 g/mol. The predicted octanol–water partition coefficient (Wildman–Crippen LogP) is 4.54. The number of ether oxygens (including phenoxy) is 1. The van der Waals surface area contributed by atoms with Gasteiger partial charge >= 0.3 is 6.18 Å². The topological polar surface area (TPSA) is 50.4 Å². The highest BCUT2D eigenvalue weighted by atomic mass is 35.5. The minimum atomic E-state index is -4.36. The molecule has 0 spiro atoms. The number of benzene rings is 2. The Morgan fingerprint density at radius 2 is 1.54 bits per heavy atom. The number of carbonyl (C=O) groups is 1. The average Bonchev–Trinajstić information content (AvgIpc) is 2.67. The van der Waals surface area contributed by atoms with E-state index in [9.17, 15) is 18.0 Å². The van der Waals surface area contributed by atoms with Crippen LogP contribution in [0.2, 0.25) is 0 Å². The van der Waals surface area contributed by atoms with Crippen LogP contribution in [0.15, 0.2) is 48.5 Å². The molecular formula is C20H22ClF3N2O2. The maximum atomic E-state index is 12.6. The highest BCUT2D eigenvalue weighted by Crippen LogP contribution is 2.31. The van der Waals surface area contributed by atoms with Crippen LogP contribution >= 0.6 is 12.4 Å². The molecule has 28 heavy (non-hydrogen) atoms. The molecule has 0 aliphatic carbocycles. The van der Waals surface area contributed by atoms with Crippen LogP contribution in [-0.4, -0.2) is 19.0 Å². The largest absolute Gasteiger partial charge is 0.457 e. The number of hydrogen-bond acceptors (Lipinski definition) is 3. The van der Waals surface area contributed by atoms with Crippen molar-refractivity contribution >= 4 is 18.3 Å². The van der Waals surface area contributed by atoms with Gasteiger partial charge in [-0.15, -0.1) is 12.4 Å². The number of piperidine rings is 1. The van der Waals surface area contributed by atoms with Gasteiger partial charge in [-0.3, -0.25) is 4.79 Å². The molecule has 0 bridgehead atoms. The number of halogens is 4. The van der Waals surface area contributed by atoms with E-state index in [1.807, 2.05) is 12.1 Å². The summed E-state index contributed by atoms with van der Waals surface area (Å²) in [6.07, 6.45) is -2.66. The van der Waals surface area contributed by atoms with Gasteiger partial charge in [0.2, 0.25) is 5.91 Å². The van der Waals surface area contributed by atoms with Crippen LogP contribution in [-0.2, 0) is 17.5 Å². The quantitative estimate of drug-likeness (QED) is 0.755. The zero-order valence-corrected chi connectivity index (χ0v) is 15.9. The number of alkyl halides is 3. The first kappa shape index (κ1) is 22.0. The van der Waals surface area contributed by atoms with Gasteiger partial charge in [0.1, 0.15) is 11.5 Å². The first-order valence-electron chi connectivity index (χ1n) is 8.84. The Morgan fingerprint density at radius 3 is 2.07 bits per heavy atom. The molecule has 0 unspecified atom stereocenters. The van der Waals surface area contributed by atoms with E-state index in [2.05, 4.69) is 10.6 Å². The van der Waals surface area contributed by atoms with Crippen LogP contribution in [0.25, 0.3) is 0 Å². The molecule has 2 aromatic carbocycles. The minimum absolute atomic E-state index is 0. The Balaban J connectivity index is 0.00000280. The Labute approximate surface area is 167 Å². The van der Waals surface area contributed by atoms with Gasteiger partial charge in [0, 0.05) is 12.5 Å².